The molecule has 6 rings (SSSR count). The average molecular weight is 611 g/mol. The van der Waals surface area contributed by atoms with Gasteiger partial charge in [0.05, 0.1) is 23.3 Å². The van der Waals surface area contributed by atoms with E-state index < -0.39 is 28.9 Å². The Labute approximate surface area is 245 Å². The van der Waals surface area contributed by atoms with Crippen molar-refractivity contribution in [3.8, 4) is 27.5 Å². The number of halogens is 2. The van der Waals surface area contributed by atoms with E-state index in [4.69, 9.17) is 9.65 Å². The van der Waals surface area contributed by atoms with Crippen LogP contribution in [0, 0.1) is 17.6 Å². The zero-order valence-corrected chi connectivity index (χ0v) is 23.8. The van der Waals surface area contributed by atoms with E-state index in [1.165, 1.54) is 23.6 Å². The number of thiazole rings is 1. The van der Waals surface area contributed by atoms with Gasteiger partial charge in [-0.05, 0) is 61.1 Å². The van der Waals surface area contributed by atoms with Crippen LogP contribution in [0.4, 0.5) is 14.5 Å². The highest BCUT2D eigenvalue weighted by Gasteiger charge is 2.30. The van der Waals surface area contributed by atoms with E-state index in [2.05, 4.69) is 14.8 Å². The number of aryl methyl sites for hydroxylation is 1. The van der Waals surface area contributed by atoms with E-state index in [9.17, 15) is 18.5 Å². The second-order valence-electron chi connectivity index (χ2n) is 10.1. The molecule has 1 unspecified atom stereocenters. The minimum atomic E-state index is -2.35. The second-order valence-corrected chi connectivity index (χ2v) is 11.6. The standard InChI is InChI=1S/C28H24F2N6O4S2/c1-35-13-18(12-31-35)20-10-17(5-7-22(20)29)26-21(9-16-4-6-19(11-23(16)30)34-42(39)40)25(8-15-2-3-15)36(33-26)28-32-24(14-41-28)27(37)38/h4-7,10-15,34H,2-3,8-9H2,1H3,(H,37,38)(H,39,40). The van der Waals surface area contributed by atoms with E-state index in [0.29, 0.717) is 51.0 Å². The number of nitrogens with one attached hydrogen (secondary N) is 1. The Hall–Kier alpha value is -4.27. The molecule has 5 aromatic rings. The van der Waals surface area contributed by atoms with Gasteiger partial charge in [-0.1, -0.05) is 6.07 Å². The number of aromatic nitrogens is 5. The third kappa shape index (κ3) is 5.73. The Kier molecular flexibility index (Phi) is 7.43. The smallest absolute Gasteiger partial charge is 0.355 e. The first-order chi connectivity index (χ1) is 20.2. The number of benzene rings is 2. The van der Waals surface area contributed by atoms with Gasteiger partial charge in [0.1, 0.15) is 11.6 Å². The van der Waals surface area contributed by atoms with Crippen molar-refractivity contribution in [2.24, 2.45) is 13.0 Å². The van der Waals surface area contributed by atoms with Crippen LogP contribution >= 0.6 is 11.3 Å². The molecule has 1 fully saturated rings. The normalized spacial score (nSPS) is 13.8. The minimum absolute atomic E-state index is 0.109. The predicted octanol–water partition coefficient (Wildman–Crippen LogP) is 5.46. The predicted molar refractivity (Wildman–Crippen MR) is 154 cm³/mol. The number of rotatable bonds is 10. The summed E-state index contributed by atoms with van der Waals surface area (Å²) in [7, 11) is 1.74. The van der Waals surface area contributed by atoms with Crippen molar-refractivity contribution in [1.29, 1.82) is 0 Å². The van der Waals surface area contributed by atoms with Gasteiger partial charge in [-0.2, -0.15) is 10.2 Å². The monoisotopic (exact) mass is 610 g/mol. The third-order valence-electron chi connectivity index (χ3n) is 7.04. The molecule has 14 heteroatoms. The molecule has 3 heterocycles. The van der Waals surface area contributed by atoms with Crippen LogP contribution in [0.15, 0.2) is 54.2 Å². The number of carboxylic acid groups (broad SMARTS) is 1. The summed E-state index contributed by atoms with van der Waals surface area (Å²) in [5, 5.41) is 20.3. The Bertz CT molecular complexity index is 1850. The molecule has 0 aliphatic heterocycles. The lowest BCUT2D eigenvalue weighted by Crippen LogP contribution is -2.07. The van der Waals surface area contributed by atoms with Gasteiger partial charge in [-0.15, -0.1) is 11.3 Å². The molecule has 216 valence electrons. The maximum absolute atomic E-state index is 15.3. The summed E-state index contributed by atoms with van der Waals surface area (Å²) in [6, 6.07) is 8.82. The summed E-state index contributed by atoms with van der Waals surface area (Å²) >= 11 is -1.22. The molecule has 3 N–H and O–H groups in total. The van der Waals surface area contributed by atoms with Crippen LogP contribution in [-0.4, -0.2) is 44.4 Å². The number of anilines is 1. The summed E-state index contributed by atoms with van der Waals surface area (Å²) in [6.45, 7) is 0. The van der Waals surface area contributed by atoms with Gasteiger partial charge in [0.2, 0.25) is 5.13 Å². The zero-order chi connectivity index (χ0) is 29.5. The molecule has 0 saturated heterocycles. The lowest BCUT2D eigenvalue weighted by molar-refractivity contribution is 0.0691. The summed E-state index contributed by atoms with van der Waals surface area (Å²) < 4.78 is 56.0. The quantitative estimate of drug-likeness (QED) is 0.179. The summed E-state index contributed by atoms with van der Waals surface area (Å²) in [5.74, 6) is -1.79. The van der Waals surface area contributed by atoms with Crippen LogP contribution < -0.4 is 4.72 Å². The third-order valence-corrected chi connectivity index (χ3v) is 8.27. The van der Waals surface area contributed by atoms with Gasteiger partial charge in [0.15, 0.2) is 5.69 Å². The van der Waals surface area contributed by atoms with Crippen LogP contribution in [0.1, 0.15) is 40.2 Å². The van der Waals surface area contributed by atoms with Gasteiger partial charge in [-0.3, -0.25) is 14.0 Å². The fourth-order valence-corrected chi connectivity index (χ4v) is 5.93. The lowest BCUT2D eigenvalue weighted by Gasteiger charge is -2.11. The summed E-state index contributed by atoms with van der Waals surface area (Å²) in [5.41, 5.74) is 3.81. The van der Waals surface area contributed by atoms with Crippen molar-refractivity contribution in [1.82, 2.24) is 24.5 Å². The van der Waals surface area contributed by atoms with E-state index in [1.54, 1.807) is 40.9 Å². The van der Waals surface area contributed by atoms with Crippen LogP contribution in [0.25, 0.3) is 27.5 Å². The first-order valence-corrected chi connectivity index (χ1v) is 14.9. The van der Waals surface area contributed by atoms with Gasteiger partial charge < -0.3 is 5.11 Å². The van der Waals surface area contributed by atoms with Crippen molar-refractivity contribution in [2.75, 3.05) is 4.72 Å². The van der Waals surface area contributed by atoms with Gasteiger partial charge in [-0.25, -0.2) is 27.5 Å². The Balaban J connectivity index is 1.52. The highest BCUT2D eigenvalue weighted by atomic mass is 32.2. The molecule has 0 bridgehead atoms. The molecule has 0 amide bonds. The van der Waals surface area contributed by atoms with E-state index >= 15 is 4.39 Å². The van der Waals surface area contributed by atoms with E-state index in [1.807, 2.05) is 0 Å². The molecule has 0 radical (unpaired) electrons. The summed E-state index contributed by atoms with van der Waals surface area (Å²) in [6.07, 6.45) is 6.04. The zero-order valence-electron chi connectivity index (χ0n) is 22.1. The van der Waals surface area contributed by atoms with Gasteiger partial charge in [0, 0.05) is 47.3 Å². The number of aromatic carboxylic acids is 1. The topological polar surface area (TPSA) is 135 Å². The van der Waals surface area contributed by atoms with Crippen molar-refractivity contribution < 1.29 is 27.4 Å². The van der Waals surface area contributed by atoms with E-state index in [-0.39, 0.29) is 17.8 Å². The van der Waals surface area contributed by atoms with Crippen LogP contribution in [0.3, 0.4) is 0 Å². The number of carboxylic acids is 1. The van der Waals surface area contributed by atoms with Crippen molar-refractivity contribution in [3.63, 3.8) is 0 Å². The molecule has 1 saturated carbocycles. The largest absolute Gasteiger partial charge is 0.476 e. The number of hydrogen-bond donors (Lipinski definition) is 3. The summed E-state index contributed by atoms with van der Waals surface area (Å²) in [4.78, 5) is 15.9. The molecular weight excluding hydrogens is 586 g/mol. The fraction of sp³-hybridized carbons (Fsp3) is 0.214. The SMILES string of the molecule is Cn1cc(-c2cc(-c3nn(-c4nc(C(=O)O)cs4)c(CC4CC4)c3Cc3ccc(NS(=O)O)cc3F)ccc2F)cn1. The molecule has 1 aliphatic carbocycles. The molecule has 1 atom stereocenters. The molecule has 42 heavy (non-hydrogen) atoms. The van der Waals surface area contributed by atoms with Crippen molar-refractivity contribution >= 4 is 34.3 Å². The first-order valence-electron chi connectivity index (χ1n) is 12.9. The average Bonchev–Trinajstić information content (AvgIpc) is 3.29. The van der Waals surface area contributed by atoms with Crippen LogP contribution in [-0.2, 0) is 31.2 Å². The first kappa shape index (κ1) is 27.9. The minimum Gasteiger partial charge on any atom is -0.476 e. The molecule has 0 spiro atoms. The Morgan fingerprint density at radius 3 is 2.62 bits per heavy atom. The van der Waals surface area contributed by atoms with E-state index in [0.717, 1.165) is 35.9 Å². The Morgan fingerprint density at radius 1 is 1.17 bits per heavy atom. The van der Waals surface area contributed by atoms with Crippen LogP contribution in [0.2, 0.25) is 0 Å². The Morgan fingerprint density at radius 2 is 1.98 bits per heavy atom. The number of carbonyl (C=O) groups is 1. The molecule has 2 aromatic carbocycles. The van der Waals surface area contributed by atoms with Crippen molar-refractivity contribution in [3.05, 3.63) is 88.3 Å². The highest BCUT2D eigenvalue weighted by molar-refractivity contribution is 7.80. The lowest BCUT2D eigenvalue weighted by atomic mass is 9.95. The van der Waals surface area contributed by atoms with Gasteiger partial charge >= 0.3 is 5.97 Å². The molecule has 3 aromatic heterocycles. The van der Waals surface area contributed by atoms with Crippen LogP contribution in [0.5, 0.6) is 0 Å². The highest BCUT2D eigenvalue weighted by Crippen LogP contribution is 2.39. The van der Waals surface area contributed by atoms with Crippen molar-refractivity contribution in [2.45, 2.75) is 25.7 Å². The van der Waals surface area contributed by atoms with Gasteiger partial charge in [0.25, 0.3) is 11.3 Å². The molecule has 1 aliphatic rings. The maximum atomic E-state index is 15.3. The fourth-order valence-electron chi connectivity index (χ4n) is 4.83. The number of nitrogens with zero attached hydrogens (tertiary/aromatic N) is 5. The second kappa shape index (κ2) is 11.2. The molecular formula is C28H24F2N6O4S2. The molecule has 10 nitrogen and oxygen atoms in total. The number of hydrogen-bond acceptors (Lipinski definition) is 6. The maximum Gasteiger partial charge on any atom is 0.355 e.